The standard InChI is InChI=1S/C17H24FN3O2/c1-20-7-3-8-21(10-9-20)17(22)19-15-4-2-11-23-16-12-13(18)5-6-14(15)16/h5-6,12,15H,2-4,7-11H2,1H3,(H,19,22). The van der Waals surface area contributed by atoms with Gasteiger partial charge in [0.2, 0.25) is 0 Å². The third kappa shape index (κ3) is 3.93. The summed E-state index contributed by atoms with van der Waals surface area (Å²) in [6.45, 7) is 3.97. The Morgan fingerprint density at radius 2 is 2.13 bits per heavy atom. The van der Waals surface area contributed by atoms with E-state index < -0.39 is 0 Å². The van der Waals surface area contributed by atoms with Gasteiger partial charge in [-0.3, -0.25) is 0 Å². The zero-order valence-corrected chi connectivity index (χ0v) is 13.6. The fourth-order valence-corrected chi connectivity index (χ4v) is 3.19. The fourth-order valence-electron chi connectivity index (χ4n) is 3.19. The zero-order chi connectivity index (χ0) is 16.2. The number of halogens is 1. The number of carbonyl (C=O) groups is 1. The highest BCUT2D eigenvalue weighted by Gasteiger charge is 2.25. The predicted octanol–water partition coefficient (Wildman–Crippen LogP) is 2.39. The quantitative estimate of drug-likeness (QED) is 0.864. The van der Waals surface area contributed by atoms with E-state index >= 15 is 0 Å². The number of ether oxygens (including phenoxy) is 1. The molecule has 2 aliphatic rings. The maximum atomic E-state index is 13.4. The molecule has 0 bridgehead atoms. The number of nitrogens with one attached hydrogen (secondary N) is 1. The molecule has 5 nitrogen and oxygen atoms in total. The molecule has 1 N–H and O–H groups in total. The second-order valence-corrected chi connectivity index (χ2v) is 6.32. The minimum absolute atomic E-state index is 0.0394. The number of amides is 2. The predicted molar refractivity (Wildman–Crippen MR) is 86.1 cm³/mol. The molecule has 2 aliphatic heterocycles. The average Bonchev–Trinajstić information content (AvgIpc) is 2.85. The van der Waals surface area contributed by atoms with Crippen LogP contribution in [-0.4, -0.2) is 55.7 Å². The number of likely N-dealkylation sites (N-methyl/N-ethyl adjacent to an activating group) is 1. The van der Waals surface area contributed by atoms with E-state index in [9.17, 15) is 9.18 Å². The normalized spacial score (nSPS) is 22.5. The van der Waals surface area contributed by atoms with Gasteiger partial charge in [-0.2, -0.15) is 0 Å². The molecule has 1 aromatic carbocycles. The zero-order valence-electron chi connectivity index (χ0n) is 13.6. The van der Waals surface area contributed by atoms with Crippen molar-refractivity contribution >= 4 is 6.03 Å². The number of hydrogen-bond acceptors (Lipinski definition) is 3. The van der Waals surface area contributed by atoms with Gasteiger partial charge >= 0.3 is 6.03 Å². The van der Waals surface area contributed by atoms with Crippen LogP contribution in [0.25, 0.3) is 0 Å². The van der Waals surface area contributed by atoms with Crippen LogP contribution in [0.3, 0.4) is 0 Å². The monoisotopic (exact) mass is 321 g/mol. The van der Waals surface area contributed by atoms with Crippen LogP contribution in [0.5, 0.6) is 5.75 Å². The SMILES string of the molecule is CN1CCCN(C(=O)NC2CCCOc3cc(F)ccc32)CC1. The van der Waals surface area contributed by atoms with E-state index in [0.717, 1.165) is 51.0 Å². The van der Waals surface area contributed by atoms with Crippen molar-refractivity contribution in [2.75, 3.05) is 39.8 Å². The first-order valence-corrected chi connectivity index (χ1v) is 8.30. The highest BCUT2D eigenvalue weighted by atomic mass is 19.1. The van der Waals surface area contributed by atoms with Crippen LogP contribution < -0.4 is 10.1 Å². The van der Waals surface area contributed by atoms with Crippen LogP contribution in [0.15, 0.2) is 18.2 Å². The molecule has 0 spiro atoms. The van der Waals surface area contributed by atoms with Crippen LogP contribution >= 0.6 is 0 Å². The number of hydrogen-bond donors (Lipinski definition) is 1. The summed E-state index contributed by atoms with van der Waals surface area (Å²) in [6, 6.07) is 4.38. The summed E-state index contributed by atoms with van der Waals surface area (Å²) in [5.74, 6) is 0.231. The first-order chi connectivity index (χ1) is 11.1. The number of nitrogens with zero attached hydrogens (tertiary/aromatic N) is 2. The highest BCUT2D eigenvalue weighted by Crippen LogP contribution is 2.32. The summed E-state index contributed by atoms with van der Waals surface area (Å²) in [4.78, 5) is 16.7. The lowest BCUT2D eigenvalue weighted by Gasteiger charge is -2.25. The van der Waals surface area contributed by atoms with E-state index in [1.807, 2.05) is 4.90 Å². The van der Waals surface area contributed by atoms with Gasteiger partial charge in [0, 0.05) is 31.3 Å². The van der Waals surface area contributed by atoms with Gasteiger partial charge in [-0.25, -0.2) is 9.18 Å². The fraction of sp³-hybridized carbons (Fsp3) is 0.588. The minimum atomic E-state index is -0.314. The topological polar surface area (TPSA) is 44.8 Å². The molecular weight excluding hydrogens is 297 g/mol. The van der Waals surface area contributed by atoms with Crippen molar-refractivity contribution < 1.29 is 13.9 Å². The van der Waals surface area contributed by atoms with Crippen molar-refractivity contribution in [3.05, 3.63) is 29.6 Å². The van der Waals surface area contributed by atoms with Gasteiger partial charge in [-0.05, 0) is 38.9 Å². The van der Waals surface area contributed by atoms with Crippen LogP contribution in [-0.2, 0) is 0 Å². The van der Waals surface area contributed by atoms with Gasteiger partial charge in [0.15, 0.2) is 0 Å². The van der Waals surface area contributed by atoms with Gasteiger partial charge < -0.3 is 19.9 Å². The smallest absolute Gasteiger partial charge is 0.317 e. The van der Waals surface area contributed by atoms with Gasteiger partial charge in [-0.1, -0.05) is 6.07 Å². The lowest BCUT2D eigenvalue weighted by molar-refractivity contribution is 0.194. The molecule has 126 valence electrons. The van der Waals surface area contributed by atoms with Crippen LogP contribution in [0.4, 0.5) is 9.18 Å². The van der Waals surface area contributed by atoms with Gasteiger partial charge in [-0.15, -0.1) is 0 Å². The maximum Gasteiger partial charge on any atom is 0.317 e. The van der Waals surface area contributed by atoms with Gasteiger partial charge in [0.25, 0.3) is 0 Å². The molecule has 6 heteroatoms. The van der Waals surface area contributed by atoms with E-state index in [1.165, 1.54) is 12.1 Å². The third-order valence-corrected chi connectivity index (χ3v) is 4.55. The number of benzene rings is 1. The summed E-state index contributed by atoms with van der Waals surface area (Å²) in [6.07, 6.45) is 2.63. The van der Waals surface area contributed by atoms with Crippen LogP contribution in [0.1, 0.15) is 30.9 Å². The van der Waals surface area contributed by atoms with Crippen molar-refractivity contribution in [3.8, 4) is 5.75 Å². The Balaban J connectivity index is 1.70. The third-order valence-electron chi connectivity index (χ3n) is 4.55. The molecule has 3 rings (SSSR count). The van der Waals surface area contributed by atoms with Gasteiger partial charge in [0.05, 0.1) is 12.6 Å². The Morgan fingerprint density at radius 3 is 3.00 bits per heavy atom. The highest BCUT2D eigenvalue weighted by molar-refractivity contribution is 5.75. The molecule has 0 aromatic heterocycles. The summed E-state index contributed by atoms with van der Waals surface area (Å²) in [5, 5.41) is 3.11. The second kappa shape index (κ2) is 7.17. The summed E-state index contributed by atoms with van der Waals surface area (Å²) in [7, 11) is 2.08. The van der Waals surface area contributed by atoms with E-state index in [4.69, 9.17) is 4.74 Å². The van der Waals surface area contributed by atoms with E-state index in [2.05, 4.69) is 17.3 Å². The molecule has 1 aromatic rings. The molecule has 2 amide bonds. The molecule has 1 atom stereocenters. The van der Waals surface area contributed by atoms with Crippen molar-refractivity contribution in [3.63, 3.8) is 0 Å². The molecule has 2 heterocycles. The molecule has 0 saturated carbocycles. The van der Waals surface area contributed by atoms with Crippen LogP contribution in [0, 0.1) is 5.82 Å². The Bertz CT molecular complexity index is 567. The molecule has 0 radical (unpaired) electrons. The molecule has 1 unspecified atom stereocenters. The van der Waals surface area contributed by atoms with E-state index in [1.54, 1.807) is 6.07 Å². The molecule has 1 fully saturated rings. The average molecular weight is 321 g/mol. The number of rotatable bonds is 1. The number of fused-ring (bicyclic) bond motifs is 1. The molecular formula is C17H24FN3O2. The Labute approximate surface area is 136 Å². The lowest BCUT2D eigenvalue weighted by Crippen LogP contribution is -2.43. The van der Waals surface area contributed by atoms with Crippen molar-refractivity contribution in [2.24, 2.45) is 0 Å². The van der Waals surface area contributed by atoms with Crippen molar-refractivity contribution in [2.45, 2.75) is 25.3 Å². The summed E-state index contributed by atoms with van der Waals surface area (Å²) >= 11 is 0. The Kier molecular flexibility index (Phi) is 5.00. The largest absolute Gasteiger partial charge is 0.493 e. The van der Waals surface area contributed by atoms with Crippen LogP contribution in [0.2, 0.25) is 0 Å². The van der Waals surface area contributed by atoms with E-state index in [-0.39, 0.29) is 17.9 Å². The lowest BCUT2D eigenvalue weighted by atomic mass is 10.0. The number of urea groups is 1. The molecule has 23 heavy (non-hydrogen) atoms. The van der Waals surface area contributed by atoms with Crippen molar-refractivity contribution in [1.29, 1.82) is 0 Å². The molecule has 1 saturated heterocycles. The van der Waals surface area contributed by atoms with Crippen molar-refractivity contribution in [1.82, 2.24) is 15.1 Å². The number of carbonyl (C=O) groups excluding carboxylic acids is 1. The van der Waals surface area contributed by atoms with Gasteiger partial charge in [0.1, 0.15) is 11.6 Å². The summed E-state index contributed by atoms with van der Waals surface area (Å²) < 4.78 is 19.0. The Morgan fingerprint density at radius 1 is 1.26 bits per heavy atom. The maximum absolute atomic E-state index is 13.4. The Hall–Kier alpha value is -1.82. The second-order valence-electron chi connectivity index (χ2n) is 6.32. The first-order valence-electron chi connectivity index (χ1n) is 8.30. The molecule has 0 aliphatic carbocycles. The minimum Gasteiger partial charge on any atom is -0.493 e. The first kappa shape index (κ1) is 16.1. The van der Waals surface area contributed by atoms with E-state index in [0.29, 0.717) is 12.4 Å². The summed E-state index contributed by atoms with van der Waals surface area (Å²) in [5.41, 5.74) is 0.865.